The molecule has 2 aromatic rings. The zero-order chi connectivity index (χ0) is 11.9. The minimum atomic E-state index is 0.711. The van der Waals surface area contributed by atoms with Crippen molar-refractivity contribution in [1.29, 1.82) is 0 Å². The number of ether oxygens (including phenoxy) is 1. The molecule has 0 radical (unpaired) electrons. The SMILES string of the molecule is COCCNCc1nc(-c2cnccn2)cs1. The van der Waals surface area contributed by atoms with E-state index in [2.05, 4.69) is 20.3 Å². The molecule has 6 heteroatoms. The Morgan fingerprint density at radius 3 is 3.06 bits per heavy atom. The van der Waals surface area contributed by atoms with Crippen molar-refractivity contribution in [2.45, 2.75) is 6.54 Å². The normalized spacial score (nSPS) is 10.6. The fraction of sp³-hybridized carbons (Fsp3) is 0.364. The van der Waals surface area contributed by atoms with Crippen molar-refractivity contribution in [3.8, 4) is 11.4 Å². The number of aromatic nitrogens is 3. The van der Waals surface area contributed by atoms with Gasteiger partial charge in [-0.1, -0.05) is 0 Å². The van der Waals surface area contributed by atoms with Gasteiger partial charge in [-0.15, -0.1) is 11.3 Å². The van der Waals surface area contributed by atoms with E-state index in [0.717, 1.165) is 29.5 Å². The van der Waals surface area contributed by atoms with Crippen LogP contribution in [0.1, 0.15) is 5.01 Å². The molecule has 17 heavy (non-hydrogen) atoms. The number of hydrogen-bond acceptors (Lipinski definition) is 6. The summed E-state index contributed by atoms with van der Waals surface area (Å²) < 4.78 is 4.96. The van der Waals surface area contributed by atoms with Crippen LogP contribution in [0.4, 0.5) is 0 Å². The molecule has 0 bridgehead atoms. The summed E-state index contributed by atoms with van der Waals surface area (Å²) in [4.78, 5) is 12.7. The number of thiazole rings is 1. The Morgan fingerprint density at radius 2 is 2.29 bits per heavy atom. The van der Waals surface area contributed by atoms with Crippen LogP contribution < -0.4 is 5.32 Å². The molecule has 2 aromatic heterocycles. The fourth-order valence-corrected chi connectivity index (χ4v) is 2.07. The van der Waals surface area contributed by atoms with Gasteiger partial charge in [-0.25, -0.2) is 4.98 Å². The molecule has 0 aromatic carbocycles. The Hall–Kier alpha value is -1.37. The van der Waals surface area contributed by atoms with E-state index in [4.69, 9.17) is 4.74 Å². The highest BCUT2D eigenvalue weighted by atomic mass is 32.1. The van der Waals surface area contributed by atoms with Crippen LogP contribution in [0.15, 0.2) is 24.0 Å². The molecule has 2 rings (SSSR count). The minimum Gasteiger partial charge on any atom is -0.383 e. The summed E-state index contributed by atoms with van der Waals surface area (Å²) in [6, 6.07) is 0. The number of nitrogens with one attached hydrogen (secondary N) is 1. The van der Waals surface area contributed by atoms with Crippen molar-refractivity contribution < 1.29 is 4.74 Å². The molecule has 90 valence electrons. The van der Waals surface area contributed by atoms with Gasteiger partial charge >= 0.3 is 0 Å². The largest absolute Gasteiger partial charge is 0.383 e. The van der Waals surface area contributed by atoms with Gasteiger partial charge < -0.3 is 10.1 Å². The molecule has 0 aliphatic carbocycles. The van der Waals surface area contributed by atoms with Gasteiger partial charge in [0, 0.05) is 38.0 Å². The average Bonchev–Trinajstić information content (AvgIpc) is 2.85. The lowest BCUT2D eigenvalue weighted by atomic mass is 10.3. The Labute approximate surface area is 104 Å². The second-order valence-corrected chi connectivity index (χ2v) is 4.33. The maximum Gasteiger partial charge on any atom is 0.108 e. The van der Waals surface area contributed by atoms with Gasteiger partial charge in [0.05, 0.1) is 12.8 Å². The number of methoxy groups -OCH3 is 1. The molecule has 0 amide bonds. The first-order valence-corrected chi connectivity index (χ1v) is 6.18. The monoisotopic (exact) mass is 250 g/mol. The molecule has 0 unspecified atom stereocenters. The van der Waals surface area contributed by atoms with E-state index in [-0.39, 0.29) is 0 Å². The second kappa shape index (κ2) is 6.39. The van der Waals surface area contributed by atoms with E-state index in [1.165, 1.54) is 0 Å². The van der Waals surface area contributed by atoms with Gasteiger partial charge in [0.1, 0.15) is 16.4 Å². The van der Waals surface area contributed by atoms with E-state index < -0.39 is 0 Å². The molecular formula is C11H14N4OS. The second-order valence-electron chi connectivity index (χ2n) is 3.39. The van der Waals surface area contributed by atoms with Crippen molar-refractivity contribution in [2.75, 3.05) is 20.3 Å². The third kappa shape index (κ3) is 3.55. The minimum absolute atomic E-state index is 0.711. The summed E-state index contributed by atoms with van der Waals surface area (Å²) in [6.45, 7) is 2.30. The lowest BCUT2D eigenvalue weighted by molar-refractivity contribution is 0.199. The molecule has 0 aliphatic heterocycles. The van der Waals surface area contributed by atoms with Crippen LogP contribution in [0.25, 0.3) is 11.4 Å². The molecule has 0 fully saturated rings. The topological polar surface area (TPSA) is 59.9 Å². The van der Waals surface area contributed by atoms with Crippen LogP contribution in [0.3, 0.4) is 0 Å². The van der Waals surface area contributed by atoms with Gasteiger partial charge in [0.25, 0.3) is 0 Å². The Kier molecular flexibility index (Phi) is 4.54. The smallest absolute Gasteiger partial charge is 0.108 e. The van der Waals surface area contributed by atoms with Gasteiger partial charge in [-0.3, -0.25) is 9.97 Å². The Bertz CT molecular complexity index is 446. The Morgan fingerprint density at radius 1 is 1.35 bits per heavy atom. The van der Waals surface area contributed by atoms with E-state index in [1.807, 2.05) is 5.38 Å². The summed E-state index contributed by atoms with van der Waals surface area (Å²) in [5, 5.41) is 6.29. The number of nitrogens with zero attached hydrogens (tertiary/aromatic N) is 3. The van der Waals surface area contributed by atoms with Crippen molar-refractivity contribution in [3.63, 3.8) is 0 Å². The highest BCUT2D eigenvalue weighted by Crippen LogP contribution is 2.18. The molecule has 5 nitrogen and oxygen atoms in total. The first kappa shape index (κ1) is 12.1. The van der Waals surface area contributed by atoms with E-state index in [9.17, 15) is 0 Å². The van der Waals surface area contributed by atoms with Crippen LogP contribution in [-0.2, 0) is 11.3 Å². The van der Waals surface area contributed by atoms with E-state index in [1.54, 1.807) is 37.0 Å². The summed E-state index contributed by atoms with van der Waals surface area (Å²) in [7, 11) is 1.69. The van der Waals surface area contributed by atoms with Gasteiger partial charge in [0.2, 0.25) is 0 Å². The third-order valence-corrected chi connectivity index (χ3v) is 2.99. The zero-order valence-corrected chi connectivity index (χ0v) is 10.4. The standard InChI is InChI=1S/C11H14N4OS/c1-16-5-4-13-7-11-15-10(8-17-11)9-6-12-2-3-14-9/h2-3,6,8,13H,4-5,7H2,1H3. The summed E-state index contributed by atoms with van der Waals surface area (Å²) >= 11 is 1.62. The highest BCUT2D eigenvalue weighted by Gasteiger charge is 2.04. The molecule has 0 saturated heterocycles. The van der Waals surface area contributed by atoms with Gasteiger partial charge in [-0.05, 0) is 0 Å². The molecule has 0 aliphatic rings. The van der Waals surface area contributed by atoms with Crippen LogP contribution in [-0.4, -0.2) is 35.2 Å². The van der Waals surface area contributed by atoms with Crippen LogP contribution >= 0.6 is 11.3 Å². The van der Waals surface area contributed by atoms with E-state index in [0.29, 0.717) is 6.61 Å². The summed E-state index contributed by atoms with van der Waals surface area (Å²) in [6.07, 6.45) is 5.05. The lowest BCUT2D eigenvalue weighted by Crippen LogP contribution is -2.18. The third-order valence-electron chi connectivity index (χ3n) is 2.14. The predicted molar refractivity (Wildman–Crippen MR) is 66.7 cm³/mol. The van der Waals surface area contributed by atoms with Crippen molar-refractivity contribution in [3.05, 3.63) is 29.0 Å². The molecule has 1 N–H and O–H groups in total. The van der Waals surface area contributed by atoms with Crippen molar-refractivity contribution in [1.82, 2.24) is 20.3 Å². The predicted octanol–water partition coefficient (Wildman–Crippen LogP) is 1.34. The highest BCUT2D eigenvalue weighted by molar-refractivity contribution is 7.09. The van der Waals surface area contributed by atoms with Crippen LogP contribution in [0.5, 0.6) is 0 Å². The number of rotatable bonds is 6. The average molecular weight is 250 g/mol. The quantitative estimate of drug-likeness (QED) is 0.784. The fourth-order valence-electron chi connectivity index (χ4n) is 1.31. The first-order chi connectivity index (χ1) is 8.40. The maximum absolute atomic E-state index is 4.96. The maximum atomic E-state index is 4.96. The van der Waals surface area contributed by atoms with Gasteiger partial charge in [-0.2, -0.15) is 0 Å². The van der Waals surface area contributed by atoms with Gasteiger partial charge in [0.15, 0.2) is 0 Å². The van der Waals surface area contributed by atoms with Crippen LogP contribution in [0, 0.1) is 0 Å². The molecule has 2 heterocycles. The van der Waals surface area contributed by atoms with Crippen molar-refractivity contribution in [2.24, 2.45) is 0 Å². The summed E-state index contributed by atoms with van der Waals surface area (Å²) in [5.74, 6) is 0. The zero-order valence-electron chi connectivity index (χ0n) is 9.59. The molecular weight excluding hydrogens is 236 g/mol. The molecule has 0 spiro atoms. The molecule has 0 saturated carbocycles. The molecule has 0 atom stereocenters. The first-order valence-electron chi connectivity index (χ1n) is 5.30. The van der Waals surface area contributed by atoms with Crippen molar-refractivity contribution >= 4 is 11.3 Å². The van der Waals surface area contributed by atoms with Crippen LogP contribution in [0.2, 0.25) is 0 Å². The lowest BCUT2D eigenvalue weighted by Gasteiger charge is -2.00. The number of hydrogen-bond donors (Lipinski definition) is 1. The Balaban J connectivity index is 1.92. The summed E-state index contributed by atoms with van der Waals surface area (Å²) in [5.41, 5.74) is 1.69. The van der Waals surface area contributed by atoms with E-state index >= 15 is 0 Å².